The molecule has 0 amide bonds. The second-order valence-corrected chi connectivity index (χ2v) is 6.97. The minimum absolute atomic E-state index is 0. The number of benzene rings is 1. The van der Waals surface area contributed by atoms with Crippen molar-refractivity contribution in [2.75, 3.05) is 26.8 Å². The summed E-state index contributed by atoms with van der Waals surface area (Å²) < 4.78 is 22.6. The average Bonchev–Trinajstić information content (AvgIpc) is 3.35. The zero-order valence-corrected chi connectivity index (χ0v) is 20.2. The van der Waals surface area contributed by atoms with E-state index in [1.54, 1.807) is 13.3 Å². The first kappa shape index (κ1) is 24.3. The van der Waals surface area contributed by atoms with Gasteiger partial charge in [0.1, 0.15) is 30.0 Å². The highest BCUT2D eigenvalue weighted by atomic mass is 127. The SMILES string of the molecule is CCOc1cc2c(cc1CNC(=NC)NCCCOCc1ccco1)OC(C)C2.I. The Bertz CT molecular complexity index is 796. The third kappa shape index (κ3) is 7.09. The van der Waals surface area contributed by atoms with E-state index in [0.29, 0.717) is 26.4 Å². The van der Waals surface area contributed by atoms with Crippen LogP contribution in [0.1, 0.15) is 37.2 Å². The first-order chi connectivity index (χ1) is 14.2. The highest BCUT2D eigenvalue weighted by Crippen LogP contribution is 2.35. The molecule has 0 bridgehead atoms. The van der Waals surface area contributed by atoms with Crippen LogP contribution in [0.15, 0.2) is 39.9 Å². The van der Waals surface area contributed by atoms with Crippen LogP contribution in [0.25, 0.3) is 0 Å². The van der Waals surface area contributed by atoms with Gasteiger partial charge in [0.2, 0.25) is 0 Å². The topological polar surface area (TPSA) is 77.2 Å². The fourth-order valence-corrected chi connectivity index (χ4v) is 3.26. The Balaban J connectivity index is 0.00000320. The molecule has 0 radical (unpaired) electrons. The van der Waals surface area contributed by atoms with Crippen molar-refractivity contribution in [3.8, 4) is 11.5 Å². The van der Waals surface area contributed by atoms with Crippen LogP contribution >= 0.6 is 24.0 Å². The summed E-state index contributed by atoms with van der Waals surface area (Å²) in [6.07, 6.45) is 3.66. The van der Waals surface area contributed by atoms with Crippen LogP contribution in [0.3, 0.4) is 0 Å². The van der Waals surface area contributed by atoms with E-state index in [1.807, 2.05) is 19.1 Å². The molecule has 2 N–H and O–H groups in total. The number of hydrogen-bond acceptors (Lipinski definition) is 5. The molecule has 0 spiro atoms. The number of fused-ring (bicyclic) bond motifs is 1. The Morgan fingerprint density at radius 2 is 2.17 bits per heavy atom. The maximum Gasteiger partial charge on any atom is 0.191 e. The van der Waals surface area contributed by atoms with E-state index in [9.17, 15) is 0 Å². The molecular weight excluding hydrogens is 497 g/mol. The molecule has 0 saturated heterocycles. The molecule has 7 nitrogen and oxygen atoms in total. The summed E-state index contributed by atoms with van der Waals surface area (Å²) in [5.41, 5.74) is 2.27. The Morgan fingerprint density at radius 3 is 2.90 bits per heavy atom. The molecule has 3 rings (SSSR count). The zero-order valence-electron chi connectivity index (χ0n) is 17.9. The summed E-state index contributed by atoms with van der Waals surface area (Å²) in [5, 5.41) is 6.66. The molecule has 8 heteroatoms. The third-order valence-electron chi connectivity index (χ3n) is 4.63. The summed E-state index contributed by atoms with van der Waals surface area (Å²) in [5.74, 6) is 3.44. The molecule has 0 fully saturated rings. The van der Waals surface area contributed by atoms with Crippen LogP contribution in [0.2, 0.25) is 0 Å². The van der Waals surface area contributed by atoms with Gasteiger partial charge in [-0.25, -0.2) is 0 Å². The van der Waals surface area contributed by atoms with Gasteiger partial charge < -0.3 is 29.3 Å². The summed E-state index contributed by atoms with van der Waals surface area (Å²) in [6.45, 7) is 7.24. The highest BCUT2D eigenvalue weighted by molar-refractivity contribution is 14.0. The number of ether oxygens (including phenoxy) is 3. The number of rotatable bonds is 10. The van der Waals surface area contributed by atoms with Crippen molar-refractivity contribution < 1.29 is 18.6 Å². The maximum absolute atomic E-state index is 5.89. The molecule has 1 unspecified atom stereocenters. The van der Waals surface area contributed by atoms with E-state index in [2.05, 4.69) is 34.7 Å². The van der Waals surface area contributed by atoms with Gasteiger partial charge >= 0.3 is 0 Å². The van der Waals surface area contributed by atoms with Crippen molar-refractivity contribution >= 4 is 29.9 Å². The normalized spacial score (nSPS) is 15.2. The first-order valence-corrected chi connectivity index (χ1v) is 10.2. The number of nitrogens with one attached hydrogen (secondary N) is 2. The highest BCUT2D eigenvalue weighted by Gasteiger charge is 2.21. The van der Waals surface area contributed by atoms with Crippen molar-refractivity contribution in [3.05, 3.63) is 47.4 Å². The van der Waals surface area contributed by atoms with Crippen LogP contribution in [-0.4, -0.2) is 38.9 Å². The van der Waals surface area contributed by atoms with Crippen LogP contribution in [-0.2, 0) is 24.3 Å². The predicted octanol–water partition coefficient (Wildman–Crippen LogP) is 3.89. The summed E-state index contributed by atoms with van der Waals surface area (Å²) >= 11 is 0. The maximum atomic E-state index is 5.89. The van der Waals surface area contributed by atoms with Gasteiger partial charge in [-0.1, -0.05) is 0 Å². The number of furan rings is 1. The van der Waals surface area contributed by atoms with Gasteiger partial charge in [-0.3, -0.25) is 4.99 Å². The van der Waals surface area contributed by atoms with E-state index < -0.39 is 0 Å². The minimum Gasteiger partial charge on any atom is -0.494 e. The average molecular weight is 529 g/mol. The van der Waals surface area contributed by atoms with Gasteiger partial charge in [0.05, 0.1) is 12.9 Å². The van der Waals surface area contributed by atoms with Crippen molar-refractivity contribution in [2.24, 2.45) is 4.99 Å². The molecule has 1 aromatic heterocycles. The largest absolute Gasteiger partial charge is 0.494 e. The van der Waals surface area contributed by atoms with E-state index >= 15 is 0 Å². The zero-order chi connectivity index (χ0) is 20.5. The van der Waals surface area contributed by atoms with Gasteiger partial charge in [0, 0.05) is 44.3 Å². The molecule has 2 aromatic rings. The Labute approximate surface area is 195 Å². The van der Waals surface area contributed by atoms with Crippen LogP contribution in [0.4, 0.5) is 0 Å². The molecule has 30 heavy (non-hydrogen) atoms. The lowest BCUT2D eigenvalue weighted by Gasteiger charge is -2.15. The molecule has 1 aliphatic heterocycles. The number of aliphatic imine (C=N–C) groups is 1. The van der Waals surface area contributed by atoms with Crippen molar-refractivity contribution in [1.29, 1.82) is 0 Å². The lowest BCUT2D eigenvalue weighted by molar-refractivity contribution is 0.105. The van der Waals surface area contributed by atoms with Gasteiger partial charge in [0.25, 0.3) is 0 Å². The van der Waals surface area contributed by atoms with Crippen molar-refractivity contribution in [1.82, 2.24) is 10.6 Å². The fraction of sp³-hybridized carbons (Fsp3) is 0.500. The van der Waals surface area contributed by atoms with Crippen LogP contribution < -0.4 is 20.1 Å². The number of hydrogen-bond donors (Lipinski definition) is 2. The van der Waals surface area contributed by atoms with Gasteiger partial charge in [-0.15, -0.1) is 24.0 Å². The van der Waals surface area contributed by atoms with Crippen molar-refractivity contribution in [3.63, 3.8) is 0 Å². The first-order valence-electron chi connectivity index (χ1n) is 10.2. The molecule has 1 atom stereocenters. The molecule has 1 aromatic carbocycles. The smallest absolute Gasteiger partial charge is 0.191 e. The molecule has 1 aliphatic rings. The Kier molecular flexibility index (Phi) is 10.3. The summed E-state index contributed by atoms with van der Waals surface area (Å²) in [6, 6.07) is 7.95. The summed E-state index contributed by atoms with van der Waals surface area (Å²) in [4.78, 5) is 4.29. The predicted molar refractivity (Wildman–Crippen MR) is 128 cm³/mol. The lowest BCUT2D eigenvalue weighted by atomic mass is 10.1. The second-order valence-electron chi connectivity index (χ2n) is 6.97. The molecule has 2 heterocycles. The number of nitrogens with zero attached hydrogens (tertiary/aromatic N) is 1. The quantitative estimate of drug-likeness (QED) is 0.211. The third-order valence-corrected chi connectivity index (χ3v) is 4.63. The van der Waals surface area contributed by atoms with Gasteiger partial charge in [-0.05, 0) is 44.5 Å². The fourth-order valence-electron chi connectivity index (χ4n) is 3.26. The minimum atomic E-state index is 0. The molecule has 0 aliphatic carbocycles. The molecular formula is C22H32IN3O4. The summed E-state index contributed by atoms with van der Waals surface area (Å²) in [7, 11) is 1.76. The molecule has 166 valence electrons. The van der Waals surface area contributed by atoms with Crippen molar-refractivity contribution in [2.45, 2.75) is 45.9 Å². The van der Waals surface area contributed by atoms with E-state index in [4.69, 9.17) is 18.6 Å². The monoisotopic (exact) mass is 529 g/mol. The Morgan fingerprint density at radius 1 is 1.30 bits per heavy atom. The lowest BCUT2D eigenvalue weighted by Crippen LogP contribution is -2.37. The van der Waals surface area contributed by atoms with E-state index in [1.165, 1.54) is 5.56 Å². The van der Waals surface area contributed by atoms with Crippen LogP contribution in [0, 0.1) is 0 Å². The van der Waals surface area contributed by atoms with Gasteiger partial charge in [-0.2, -0.15) is 0 Å². The van der Waals surface area contributed by atoms with Gasteiger partial charge in [0.15, 0.2) is 5.96 Å². The van der Waals surface area contributed by atoms with Crippen LogP contribution in [0.5, 0.6) is 11.5 Å². The molecule has 0 saturated carbocycles. The van der Waals surface area contributed by atoms with E-state index in [0.717, 1.165) is 48.2 Å². The Hall–Kier alpha value is -1.94. The standard InChI is InChI=1S/C22H31N3O4.HI/c1-4-27-20-12-17-11-16(2)29-21(17)13-18(20)14-25-22(23-3)24-8-6-9-26-15-19-7-5-10-28-19;/h5,7,10,12-13,16H,4,6,8-9,11,14-15H2,1-3H3,(H2,23,24,25);1H. The number of halogens is 1. The second kappa shape index (κ2) is 12.7. The number of guanidine groups is 1. The van der Waals surface area contributed by atoms with E-state index in [-0.39, 0.29) is 30.1 Å².